The van der Waals surface area contributed by atoms with E-state index in [1.165, 1.54) is 5.56 Å². The molecule has 3 aromatic rings. The number of hydrogen-bond donors (Lipinski definition) is 3. The maximum absolute atomic E-state index is 13.2. The summed E-state index contributed by atoms with van der Waals surface area (Å²) in [6.07, 6.45) is 0. The van der Waals surface area contributed by atoms with E-state index >= 15 is 0 Å². The fraction of sp³-hybridized carbons (Fsp3) is 0.185. The standard InChI is InChI=1S/C27H27BrN4O3/c1-31(2)15-17-7-10-20(11-8-17)29-26(18-5-4-6-21(13-18)32(3)16-24(33)34)25-22-12-9-19(28)14-23(22)30-27(25)35/h4-14,29H,15-16H2,1-3H3,(H,30,35)(H,33,34). The number of fused-ring (bicyclic) bond motifs is 1. The summed E-state index contributed by atoms with van der Waals surface area (Å²) in [5, 5.41) is 15.6. The van der Waals surface area contributed by atoms with Gasteiger partial charge in [0.05, 0.1) is 17.0 Å². The van der Waals surface area contributed by atoms with Crippen LogP contribution >= 0.6 is 15.9 Å². The molecule has 0 radical (unpaired) electrons. The van der Waals surface area contributed by atoms with Gasteiger partial charge in [-0.15, -0.1) is 0 Å². The molecule has 0 aromatic heterocycles. The number of carboxylic acid groups (broad SMARTS) is 1. The summed E-state index contributed by atoms with van der Waals surface area (Å²) < 4.78 is 0.876. The molecule has 0 aliphatic carbocycles. The molecule has 7 nitrogen and oxygen atoms in total. The van der Waals surface area contributed by atoms with Crippen LogP contribution in [0.3, 0.4) is 0 Å². The Hall–Kier alpha value is -3.62. The Morgan fingerprint density at radius 2 is 1.77 bits per heavy atom. The maximum atomic E-state index is 13.2. The number of nitrogens with zero attached hydrogens (tertiary/aromatic N) is 2. The largest absolute Gasteiger partial charge is 0.480 e. The Morgan fingerprint density at radius 1 is 1.03 bits per heavy atom. The van der Waals surface area contributed by atoms with Crippen LogP contribution in [0.25, 0.3) is 11.3 Å². The number of likely N-dealkylation sites (N-methyl/N-ethyl adjacent to an activating group) is 1. The van der Waals surface area contributed by atoms with Crippen LogP contribution in [0.5, 0.6) is 0 Å². The second kappa shape index (κ2) is 10.3. The fourth-order valence-corrected chi connectivity index (χ4v) is 4.43. The van der Waals surface area contributed by atoms with Crippen molar-refractivity contribution in [2.75, 3.05) is 43.2 Å². The van der Waals surface area contributed by atoms with E-state index in [2.05, 4.69) is 43.6 Å². The van der Waals surface area contributed by atoms with Crippen molar-refractivity contribution < 1.29 is 14.7 Å². The van der Waals surface area contributed by atoms with E-state index in [4.69, 9.17) is 0 Å². The van der Waals surface area contributed by atoms with E-state index in [1.54, 1.807) is 11.9 Å². The summed E-state index contributed by atoms with van der Waals surface area (Å²) in [6, 6.07) is 21.3. The second-order valence-electron chi connectivity index (χ2n) is 8.75. The first kappa shape index (κ1) is 24.5. The Morgan fingerprint density at radius 3 is 2.46 bits per heavy atom. The number of aliphatic carboxylic acids is 1. The molecule has 3 aromatic carbocycles. The lowest BCUT2D eigenvalue weighted by molar-refractivity contribution is -0.135. The van der Waals surface area contributed by atoms with Gasteiger partial charge in [0.2, 0.25) is 0 Å². The molecule has 4 rings (SSSR count). The fourth-order valence-electron chi connectivity index (χ4n) is 4.07. The van der Waals surface area contributed by atoms with Gasteiger partial charge in [-0.25, -0.2) is 0 Å². The van der Waals surface area contributed by atoms with Crippen molar-refractivity contribution in [3.63, 3.8) is 0 Å². The topological polar surface area (TPSA) is 84.9 Å². The number of carboxylic acids is 1. The first-order valence-corrected chi connectivity index (χ1v) is 11.9. The number of halogens is 1. The molecular weight excluding hydrogens is 508 g/mol. The van der Waals surface area contributed by atoms with Crippen LogP contribution in [0.4, 0.5) is 17.1 Å². The average molecular weight is 535 g/mol. The number of rotatable bonds is 8. The third kappa shape index (κ3) is 5.72. The predicted molar refractivity (Wildman–Crippen MR) is 144 cm³/mol. The summed E-state index contributed by atoms with van der Waals surface area (Å²) >= 11 is 3.47. The number of amides is 1. The highest BCUT2D eigenvalue weighted by Crippen LogP contribution is 2.39. The van der Waals surface area contributed by atoms with Gasteiger partial charge < -0.3 is 25.5 Å². The molecule has 0 unspecified atom stereocenters. The van der Waals surface area contributed by atoms with Crippen LogP contribution in [-0.4, -0.2) is 49.6 Å². The Kier molecular flexibility index (Phi) is 7.23. The van der Waals surface area contributed by atoms with Gasteiger partial charge in [-0.1, -0.05) is 46.3 Å². The van der Waals surface area contributed by atoms with Gasteiger partial charge in [0.25, 0.3) is 5.91 Å². The van der Waals surface area contributed by atoms with E-state index in [9.17, 15) is 14.7 Å². The molecule has 0 spiro atoms. The molecule has 1 aliphatic heterocycles. The van der Waals surface area contributed by atoms with Gasteiger partial charge in [0, 0.05) is 40.6 Å². The van der Waals surface area contributed by atoms with Crippen LogP contribution < -0.4 is 15.5 Å². The Labute approximate surface area is 213 Å². The summed E-state index contributed by atoms with van der Waals surface area (Å²) in [6.45, 7) is 0.699. The zero-order valence-electron chi connectivity index (χ0n) is 19.8. The van der Waals surface area contributed by atoms with Crippen molar-refractivity contribution in [2.45, 2.75) is 6.54 Å². The van der Waals surface area contributed by atoms with Crippen molar-refractivity contribution in [3.05, 3.63) is 87.9 Å². The molecule has 0 atom stereocenters. The van der Waals surface area contributed by atoms with Crippen LogP contribution in [0.15, 0.2) is 71.2 Å². The zero-order valence-corrected chi connectivity index (χ0v) is 21.4. The van der Waals surface area contributed by atoms with Crippen molar-refractivity contribution in [1.29, 1.82) is 0 Å². The lowest BCUT2D eigenvalue weighted by Gasteiger charge is -2.20. The van der Waals surface area contributed by atoms with Gasteiger partial charge in [-0.3, -0.25) is 9.59 Å². The smallest absolute Gasteiger partial charge is 0.323 e. The highest BCUT2D eigenvalue weighted by Gasteiger charge is 2.29. The molecule has 0 fully saturated rings. The highest BCUT2D eigenvalue weighted by atomic mass is 79.9. The average Bonchev–Trinajstić information content (AvgIpc) is 3.12. The van der Waals surface area contributed by atoms with Crippen molar-refractivity contribution in [2.24, 2.45) is 0 Å². The van der Waals surface area contributed by atoms with Gasteiger partial charge in [-0.2, -0.15) is 0 Å². The van der Waals surface area contributed by atoms with Crippen LogP contribution in [0.1, 0.15) is 16.7 Å². The van der Waals surface area contributed by atoms with E-state index in [-0.39, 0.29) is 12.5 Å². The van der Waals surface area contributed by atoms with Crippen LogP contribution in [-0.2, 0) is 16.1 Å². The Balaban J connectivity index is 1.81. The molecule has 180 valence electrons. The first-order valence-electron chi connectivity index (χ1n) is 11.1. The number of nitrogens with one attached hydrogen (secondary N) is 2. The van der Waals surface area contributed by atoms with Crippen molar-refractivity contribution in [3.8, 4) is 0 Å². The molecule has 35 heavy (non-hydrogen) atoms. The number of anilines is 3. The minimum Gasteiger partial charge on any atom is -0.480 e. The third-order valence-electron chi connectivity index (χ3n) is 5.65. The number of benzene rings is 3. The molecule has 1 aliphatic rings. The summed E-state index contributed by atoms with van der Waals surface area (Å²) in [7, 11) is 5.78. The lowest BCUT2D eigenvalue weighted by atomic mass is 9.99. The molecular formula is C27H27BrN4O3. The first-order chi connectivity index (χ1) is 16.7. The van der Waals surface area contributed by atoms with Gasteiger partial charge in [0.1, 0.15) is 6.54 Å². The quantitative estimate of drug-likeness (QED) is 0.354. The number of carbonyl (C=O) groups is 2. The molecule has 3 N–H and O–H groups in total. The molecule has 8 heteroatoms. The number of hydrogen-bond acceptors (Lipinski definition) is 5. The molecule has 0 bridgehead atoms. The molecule has 0 saturated carbocycles. The SMILES string of the molecule is CN(C)Cc1ccc(NC(=C2C(=O)Nc3cc(Br)ccc32)c2cccc(N(C)CC(=O)O)c2)cc1. The van der Waals surface area contributed by atoms with E-state index in [0.29, 0.717) is 11.3 Å². The van der Waals surface area contributed by atoms with Gasteiger partial charge in [0.15, 0.2) is 0 Å². The van der Waals surface area contributed by atoms with Crippen LogP contribution in [0, 0.1) is 0 Å². The third-order valence-corrected chi connectivity index (χ3v) is 6.14. The summed E-state index contributed by atoms with van der Waals surface area (Å²) in [5.74, 6) is -1.11. The highest BCUT2D eigenvalue weighted by molar-refractivity contribution is 9.10. The van der Waals surface area contributed by atoms with E-state index in [0.717, 1.165) is 39.2 Å². The lowest BCUT2D eigenvalue weighted by Crippen LogP contribution is -2.25. The Bertz CT molecular complexity index is 1300. The van der Waals surface area contributed by atoms with Crippen molar-refractivity contribution >= 4 is 56.1 Å². The van der Waals surface area contributed by atoms with E-state index in [1.807, 2.05) is 68.7 Å². The van der Waals surface area contributed by atoms with Crippen molar-refractivity contribution in [1.82, 2.24) is 4.90 Å². The zero-order chi connectivity index (χ0) is 25.1. The van der Waals surface area contributed by atoms with Gasteiger partial charge >= 0.3 is 5.97 Å². The molecule has 0 saturated heterocycles. The monoisotopic (exact) mass is 534 g/mol. The second-order valence-corrected chi connectivity index (χ2v) is 9.67. The van der Waals surface area contributed by atoms with Crippen LogP contribution in [0.2, 0.25) is 0 Å². The normalized spacial score (nSPS) is 13.9. The minimum absolute atomic E-state index is 0.131. The minimum atomic E-state index is -0.915. The number of carbonyl (C=O) groups excluding carboxylic acids is 1. The molecule has 1 amide bonds. The predicted octanol–water partition coefficient (Wildman–Crippen LogP) is 4.96. The summed E-state index contributed by atoms with van der Waals surface area (Å²) in [5.41, 5.74) is 6.25. The molecule has 1 heterocycles. The van der Waals surface area contributed by atoms with E-state index < -0.39 is 5.97 Å². The summed E-state index contributed by atoms with van der Waals surface area (Å²) in [4.78, 5) is 28.2. The van der Waals surface area contributed by atoms with Gasteiger partial charge in [-0.05, 0) is 56.1 Å². The maximum Gasteiger partial charge on any atom is 0.323 e.